The number of nitrogens with zero attached hydrogens (tertiary/aromatic N) is 2. The van der Waals surface area contributed by atoms with Gasteiger partial charge in [0.25, 0.3) is 0 Å². The Balaban J connectivity index is 1.48. The van der Waals surface area contributed by atoms with Crippen LogP contribution in [0.3, 0.4) is 0 Å². The third kappa shape index (κ3) is 5.36. The molecule has 0 radical (unpaired) electrons. The number of benzene rings is 1. The molecule has 0 spiro atoms. The van der Waals surface area contributed by atoms with Gasteiger partial charge < -0.3 is 10.6 Å². The molecule has 2 aromatic rings. The molecular formula is C19H21FN4O4S. The average molecular weight is 420 g/mol. The molecule has 1 aliphatic heterocycles. The average Bonchev–Trinajstić information content (AvgIpc) is 2.73. The number of amides is 2. The Morgan fingerprint density at radius 3 is 2.41 bits per heavy atom. The molecule has 0 aliphatic carbocycles. The first-order chi connectivity index (χ1) is 13.9. The number of hydrogen-bond donors (Lipinski definition) is 2. The summed E-state index contributed by atoms with van der Waals surface area (Å²) in [4.78, 5) is 28.2. The quantitative estimate of drug-likeness (QED) is 0.734. The summed E-state index contributed by atoms with van der Waals surface area (Å²) in [5.74, 6) is -1.18. The van der Waals surface area contributed by atoms with Crippen LogP contribution in [-0.2, 0) is 19.6 Å². The molecule has 1 fully saturated rings. The third-order valence-electron chi connectivity index (χ3n) is 4.63. The second-order valence-electron chi connectivity index (χ2n) is 6.61. The first-order valence-electron chi connectivity index (χ1n) is 9.10. The van der Waals surface area contributed by atoms with Crippen LogP contribution >= 0.6 is 0 Å². The Hall–Kier alpha value is -2.85. The van der Waals surface area contributed by atoms with Crippen LogP contribution in [0.15, 0.2) is 53.6 Å². The van der Waals surface area contributed by atoms with E-state index in [-0.39, 0.29) is 36.4 Å². The van der Waals surface area contributed by atoms with Gasteiger partial charge in [0, 0.05) is 25.2 Å². The number of halogens is 1. The van der Waals surface area contributed by atoms with Crippen LogP contribution in [-0.4, -0.2) is 49.2 Å². The zero-order valence-corrected chi connectivity index (χ0v) is 16.4. The predicted molar refractivity (Wildman–Crippen MR) is 104 cm³/mol. The van der Waals surface area contributed by atoms with Gasteiger partial charge in [0.2, 0.25) is 21.8 Å². The topological polar surface area (TPSA) is 108 Å². The van der Waals surface area contributed by atoms with E-state index in [2.05, 4.69) is 15.6 Å². The molecule has 0 atom stereocenters. The molecule has 1 aromatic heterocycles. The van der Waals surface area contributed by atoms with E-state index in [4.69, 9.17) is 0 Å². The number of hydrogen-bond acceptors (Lipinski definition) is 5. The van der Waals surface area contributed by atoms with Gasteiger partial charge in [-0.3, -0.25) is 9.59 Å². The number of carbonyl (C=O) groups is 2. The van der Waals surface area contributed by atoms with Crippen LogP contribution < -0.4 is 10.6 Å². The third-order valence-corrected chi connectivity index (χ3v) is 6.54. The van der Waals surface area contributed by atoms with Crippen molar-refractivity contribution in [3.8, 4) is 0 Å². The number of aromatic nitrogens is 1. The summed E-state index contributed by atoms with van der Waals surface area (Å²) in [6, 6.07) is 9.74. The largest absolute Gasteiger partial charge is 0.347 e. The van der Waals surface area contributed by atoms with Crippen molar-refractivity contribution in [2.45, 2.75) is 17.7 Å². The lowest BCUT2D eigenvalue weighted by molar-refractivity contribution is -0.128. The lowest BCUT2D eigenvalue weighted by Gasteiger charge is -2.30. The summed E-state index contributed by atoms with van der Waals surface area (Å²) in [7, 11) is -3.72. The van der Waals surface area contributed by atoms with E-state index >= 15 is 0 Å². The molecule has 10 heteroatoms. The van der Waals surface area contributed by atoms with Crippen molar-refractivity contribution in [1.29, 1.82) is 0 Å². The molecule has 0 bridgehead atoms. The van der Waals surface area contributed by atoms with Crippen LogP contribution in [0.4, 0.5) is 10.2 Å². The first-order valence-corrected chi connectivity index (χ1v) is 10.5. The minimum atomic E-state index is -3.72. The number of pyridine rings is 1. The van der Waals surface area contributed by atoms with Gasteiger partial charge in [-0.05, 0) is 49.2 Å². The van der Waals surface area contributed by atoms with Gasteiger partial charge in [0.1, 0.15) is 11.6 Å². The normalized spacial score (nSPS) is 15.6. The number of anilines is 1. The fourth-order valence-corrected chi connectivity index (χ4v) is 4.52. The van der Waals surface area contributed by atoms with Gasteiger partial charge >= 0.3 is 0 Å². The fraction of sp³-hybridized carbons (Fsp3) is 0.316. The summed E-state index contributed by atoms with van der Waals surface area (Å²) >= 11 is 0. The number of sulfonamides is 1. The highest BCUT2D eigenvalue weighted by molar-refractivity contribution is 7.89. The summed E-state index contributed by atoms with van der Waals surface area (Å²) in [5, 5.41) is 5.15. The molecule has 0 unspecified atom stereocenters. The minimum absolute atomic E-state index is 0.0213. The maximum atomic E-state index is 13.0. The molecule has 2 heterocycles. The summed E-state index contributed by atoms with van der Waals surface area (Å²) in [6.45, 7) is 0.166. The second-order valence-corrected chi connectivity index (χ2v) is 8.55. The van der Waals surface area contributed by atoms with Gasteiger partial charge in [0.15, 0.2) is 0 Å². The lowest BCUT2D eigenvalue weighted by Crippen LogP contribution is -2.44. The van der Waals surface area contributed by atoms with Gasteiger partial charge in [-0.2, -0.15) is 4.31 Å². The summed E-state index contributed by atoms with van der Waals surface area (Å²) in [6.07, 6.45) is 2.23. The van der Waals surface area contributed by atoms with Crippen LogP contribution in [0, 0.1) is 11.7 Å². The number of piperidine rings is 1. The minimum Gasteiger partial charge on any atom is -0.347 e. The van der Waals surface area contributed by atoms with E-state index < -0.39 is 21.7 Å². The zero-order valence-electron chi connectivity index (χ0n) is 15.5. The van der Waals surface area contributed by atoms with Crippen molar-refractivity contribution < 1.29 is 22.4 Å². The molecule has 29 heavy (non-hydrogen) atoms. The Morgan fingerprint density at radius 2 is 1.79 bits per heavy atom. The van der Waals surface area contributed by atoms with Crippen LogP contribution in [0.25, 0.3) is 0 Å². The molecule has 154 valence electrons. The fourth-order valence-electron chi connectivity index (χ4n) is 3.05. The highest BCUT2D eigenvalue weighted by Gasteiger charge is 2.32. The van der Waals surface area contributed by atoms with Gasteiger partial charge in [0.05, 0.1) is 11.4 Å². The Morgan fingerprint density at radius 1 is 1.10 bits per heavy atom. The van der Waals surface area contributed by atoms with E-state index in [0.717, 1.165) is 12.1 Å². The number of rotatable bonds is 6. The van der Waals surface area contributed by atoms with Gasteiger partial charge in [-0.25, -0.2) is 17.8 Å². The van der Waals surface area contributed by atoms with Crippen molar-refractivity contribution in [3.63, 3.8) is 0 Å². The summed E-state index contributed by atoms with van der Waals surface area (Å²) < 4.78 is 39.5. The highest BCUT2D eigenvalue weighted by atomic mass is 32.2. The van der Waals surface area contributed by atoms with E-state index in [1.54, 1.807) is 24.4 Å². The lowest BCUT2D eigenvalue weighted by atomic mass is 9.97. The van der Waals surface area contributed by atoms with E-state index in [0.29, 0.717) is 18.7 Å². The molecule has 8 nitrogen and oxygen atoms in total. The van der Waals surface area contributed by atoms with Crippen molar-refractivity contribution in [3.05, 3.63) is 54.5 Å². The van der Waals surface area contributed by atoms with E-state index in [1.165, 1.54) is 16.4 Å². The van der Waals surface area contributed by atoms with Crippen LogP contribution in [0.2, 0.25) is 0 Å². The Kier molecular flexibility index (Phi) is 6.55. The molecule has 3 rings (SSSR count). The SMILES string of the molecule is O=C(CNC(=O)C1CCN(S(=O)(=O)c2ccc(F)cc2)CC1)Nc1ccccn1. The maximum absolute atomic E-state index is 13.0. The van der Waals surface area contributed by atoms with Crippen LogP contribution in [0.5, 0.6) is 0 Å². The van der Waals surface area contributed by atoms with Crippen molar-refractivity contribution in [2.24, 2.45) is 5.92 Å². The monoisotopic (exact) mass is 420 g/mol. The van der Waals surface area contributed by atoms with E-state index in [1.807, 2.05) is 0 Å². The highest BCUT2D eigenvalue weighted by Crippen LogP contribution is 2.24. The predicted octanol–water partition coefficient (Wildman–Crippen LogP) is 1.38. The standard InChI is InChI=1S/C19H21FN4O4S/c20-15-4-6-16(7-5-15)29(27,28)24-11-8-14(9-12-24)19(26)22-13-18(25)23-17-3-1-2-10-21-17/h1-7,10,14H,8-9,11-13H2,(H,22,26)(H,21,23,25). The number of nitrogens with one attached hydrogen (secondary N) is 2. The second kappa shape index (κ2) is 9.10. The molecule has 2 amide bonds. The smallest absolute Gasteiger partial charge is 0.244 e. The maximum Gasteiger partial charge on any atom is 0.244 e. The van der Waals surface area contributed by atoms with Crippen LogP contribution in [0.1, 0.15) is 12.8 Å². The molecule has 1 saturated heterocycles. The van der Waals surface area contributed by atoms with Crippen molar-refractivity contribution >= 4 is 27.7 Å². The Labute approximate surface area is 168 Å². The summed E-state index contributed by atoms with van der Waals surface area (Å²) in [5.41, 5.74) is 0. The van der Waals surface area contributed by atoms with Crippen molar-refractivity contribution in [1.82, 2.24) is 14.6 Å². The molecule has 1 aromatic carbocycles. The van der Waals surface area contributed by atoms with Gasteiger partial charge in [-0.1, -0.05) is 6.07 Å². The number of carbonyl (C=O) groups excluding carboxylic acids is 2. The zero-order chi connectivity index (χ0) is 20.9. The van der Waals surface area contributed by atoms with Gasteiger partial charge in [-0.15, -0.1) is 0 Å². The van der Waals surface area contributed by atoms with Crippen molar-refractivity contribution in [2.75, 3.05) is 25.0 Å². The first kappa shape index (κ1) is 20.9. The molecule has 1 aliphatic rings. The van der Waals surface area contributed by atoms with E-state index in [9.17, 15) is 22.4 Å². The molecular weight excluding hydrogens is 399 g/mol. The molecule has 2 N–H and O–H groups in total. The molecule has 0 saturated carbocycles. The Bertz CT molecular complexity index is 959.